The zero-order valence-corrected chi connectivity index (χ0v) is 11.3. The fraction of sp³-hybridized carbons (Fsp3) is 0.692. The quantitative estimate of drug-likeness (QED) is 0.719. The summed E-state index contributed by atoms with van der Waals surface area (Å²) in [5, 5.41) is 15.5. The first-order valence-electron chi connectivity index (χ1n) is 5.95. The lowest BCUT2D eigenvalue weighted by Gasteiger charge is -2.25. The molecule has 2 nitrogen and oxygen atoms in total. The number of aliphatic hydroxyl groups is 1. The van der Waals surface area contributed by atoms with Crippen molar-refractivity contribution in [1.29, 1.82) is 0 Å². The zero-order chi connectivity index (χ0) is 12.0. The fourth-order valence-corrected chi connectivity index (χ4v) is 2.68. The Hall–Kier alpha value is -0.380. The lowest BCUT2D eigenvalue weighted by Crippen LogP contribution is -2.39. The SMILES string of the molecule is CC(C)CC(C)(O)CNCCc1cccs1. The molecule has 16 heavy (non-hydrogen) atoms. The number of hydrogen-bond donors (Lipinski definition) is 2. The van der Waals surface area contributed by atoms with E-state index in [0.29, 0.717) is 12.5 Å². The van der Waals surface area contributed by atoms with Crippen molar-refractivity contribution in [1.82, 2.24) is 5.32 Å². The molecule has 1 aromatic rings. The van der Waals surface area contributed by atoms with Gasteiger partial charge in [-0.25, -0.2) is 0 Å². The molecule has 0 amide bonds. The van der Waals surface area contributed by atoms with Crippen molar-refractivity contribution in [3.05, 3.63) is 22.4 Å². The molecule has 1 unspecified atom stereocenters. The third-order valence-corrected chi connectivity index (χ3v) is 3.42. The van der Waals surface area contributed by atoms with Gasteiger partial charge in [-0.2, -0.15) is 0 Å². The Morgan fingerprint density at radius 1 is 1.50 bits per heavy atom. The summed E-state index contributed by atoms with van der Waals surface area (Å²) in [4.78, 5) is 1.40. The molecule has 0 saturated heterocycles. The Bertz CT molecular complexity index is 280. The molecule has 0 fully saturated rings. The second kappa shape index (κ2) is 6.38. The van der Waals surface area contributed by atoms with Gasteiger partial charge < -0.3 is 10.4 Å². The van der Waals surface area contributed by atoms with Gasteiger partial charge in [-0.15, -0.1) is 11.3 Å². The maximum absolute atomic E-state index is 10.1. The molecule has 0 radical (unpaired) electrons. The first-order chi connectivity index (χ1) is 7.49. The average Bonchev–Trinajstić information content (AvgIpc) is 2.62. The minimum atomic E-state index is -0.580. The van der Waals surface area contributed by atoms with Gasteiger partial charge in [-0.1, -0.05) is 19.9 Å². The topological polar surface area (TPSA) is 32.3 Å². The van der Waals surface area contributed by atoms with Crippen LogP contribution in [0.5, 0.6) is 0 Å². The van der Waals surface area contributed by atoms with E-state index in [1.165, 1.54) is 4.88 Å². The van der Waals surface area contributed by atoms with Gasteiger partial charge in [-0.05, 0) is 37.1 Å². The Balaban J connectivity index is 2.15. The van der Waals surface area contributed by atoms with E-state index < -0.39 is 5.60 Å². The molecule has 0 spiro atoms. The minimum absolute atomic E-state index is 0.536. The lowest BCUT2D eigenvalue weighted by molar-refractivity contribution is 0.0389. The van der Waals surface area contributed by atoms with Crippen molar-refractivity contribution in [2.75, 3.05) is 13.1 Å². The first kappa shape index (κ1) is 13.7. The summed E-state index contributed by atoms with van der Waals surface area (Å²) in [5.74, 6) is 0.536. The van der Waals surface area contributed by atoms with E-state index >= 15 is 0 Å². The molecule has 3 heteroatoms. The van der Waals surface area contributed by atoms with Gasteiger partial charge >= 0.3 is 0 Å². The minimum Gasteiger partial charge on any atom is -0.389 e. The summed E-state index contributed by atoms with van der Waals surface area (Å²) in [6.07, 6.45) is 1.90. The molecule has 92 valence electrons. The van der Waals surface area contributed by atoms with Crippen molar-refractivity contribution in [2.45, 2.75) is 39.2 Å². The van der Waals surface area contributed by atoms with E-state index in [4.69, 9.17) is 0 Å². The number of thiophene rings is 1. The van der Waals surface area contributed by atoms with E-state index in [-0.39, 0.29) is 0 Å². The standard InChI is InChI=1S/C13H23NOS/c1-11(2)9-13(3,15)10-14-7-6-12-5-4-8-16-12/h4-5,8,11,14-15H,6-7,9-10H2,1-3H3. The summed E-state index contributed by atoms with van der Waals surface area (Å²) in [6, 6.07) is 4.23. The summed E-state index contributed by atoms with van der Waals surface area (Å²) in [6.45, 7) is 7.80. The van der Waals surface area contributed by atoms with E-state index in [9.17, 15) is 5.11 Å². The van der Waals surface area contributed by atoms with Gasteiger partial charge in [0.1, 0.15) is 0 Å². The number of hydrogen-bond acceptors (Lipinski definition) is 3. The molecule has 1 aromatic heterocycles. The Labute approximate surface area is 103 Å². The van der Waals surface area contributed by atoms with Crippen LogP contribution in [0.25, 0.3) is 0 Å². The zero-order valence-electron chi connectivity index (χ0n) is 10.5. The maximum Gasteiger partial charge on any atom is 0.0746 e. The molecule has 0 aliphatic carbocycles. The molecular weight excluding hydrogens is 218 g/mol. The fourth-order valence-electron chi connectivity index (χ4n) is 1.98. The van der Waals surface area contributed by atoms with Crippen molar-refractivity contribution in [3.63, 3.8) is 0 Å². The summed E-state index contributed by atoms with van der Waals surface area (Å²) in [7, 11) is 0. The largest absolute Gasteiger partial charge is 0.389 e. The smallest absolute Gasteiger partial charge is 0.0746 e. The highest BCUT2D eigenvalue weighted by Gasteiger charge is 2.20. The number of rotatable bonds is 7. The molecule has 0 aliphatic rings. The van der Waals surface area contributed by atoms with Crippen molar-refractivity contribution in [3.8, 4) is 0 Å². The van der Waals surface area contributed by atoms with Crippen LogP contribution >= 0.6 is 11.3 Å². The summed E-state index contributed by atoms with van der Waals surface area (Å²) in [5.41, 5.74) is -0.580. The van der Waals surface area contributed by atoms with Crippen LogP contribution in [-0.4, -0.2) is 23.8 Å². The van der Waals surface area contributed by atoms with Crippen LogP contribution in [0.4, 0.5) is 0 Å². The average molecular weight is 241 g/mol. The highest BCUT2D eigenvalue weighted by Crippen LogP contribution is 2.15. The van der Waals surface area contributed by atoms with E-state index in [0.717, 1.165) is 19.4 Å². The second-order valence-electron chi connectivity index (χ2n) is 5.10. The van der Waals surface area contributed by atoms with E-state index in [1.807, 2.05) is 6.92 Å². The molecule has 1 rings (SSSR count). The molecule has 1 atom stereocenters. The first-order valence-corrected chi connectivity index (χ1v) is 6.83. The summed E-state index contributed by atoms with van der Waals surface area (Å²) >= 11 is 1.79. The van der Waals surface area contributed by atoms with Crippen LogP contribution in [0.2, 0.25) is 0 Å². The van der Waals surface area contributed by atoms with Crippen LogP contribution in [0.3, 0.4) is 0 Å². The van der Waals surface area contributed by atoms with Crippen molar-refractivity contribution < 1.29 is 5.11 Å². The van der Waals surface area contributed by atoms with Gasteiger partial charge in [0.25, 0.3) is 0 Å². The Morgan fingerprint density at radius 3 is 2.81 bits per heavy atom. The molecule has 1 heterocycles. The van der Waals surface area contributed by atoms with Crippen LogP contribution < -0.4 is 5.32 Å². The molecule has 0 saturated carbocycles. The molecule has 0 aromatic carbocycles. The van der Waals surface area contributed by atoms with Crippen LogP contribution in [0.1, 0.15) is 32.1 Å². The molecule has 2 N–H and O–H groups in total. The Kier molecular flexibility index (Phi) is 5.46. The normalized spacial score (nSPS) is 15.3. The Morgan fingerprint density at radius 2 is 2.25 bits per heavy atom. The third kappa shape index (κ3) is 5.64. The predicted octanol–water partition coefficient (Wildman–Crippen LogP) is 2.68. The van der Waals surface area contributed by atoms with E-state index in [2.05, 4.69) is 36.7 Å². The molecule has 0 aliphatic heterocycles. The van der Waals surface area contributed by atoms with Gasteiger partial charge in [0.15, 0.2) is 0 Å². The van der Waals surface area contributed by atoms with Gasteiger partial charge in [0.2, 0.25) is 0 Å². The highest BCUT2D eigenvalue weighted by atomic mass is 32.1. The van der Waals surface area contributed by atoms with E-state index in [1.54, 1.807) is 11.3 Å². The third-order valence-electron chi connectivity index (χ3n) is 2.48. The summed E-state index contributed by atoms with van der Waals surface area (Å²) < 4.78 is 0. The van der Waals surface area contributed by atoms with Gasteiger partial charge in [0.05, 0.1) is 5.60 Å². The van der Waals surface area contributed by atoms with Crippen molar-refractivity contribution in [2.24, 2.45) is 5.92 Å². The second-order valence-corrected chi connectivity index (χ2v) is 6.13. The van der Waals surface area contributed by atoms with Crippen molar-refractivity contribution >= 4 is 11.3 Å². The predicted molar refractivity (Wildman–Crippen MR) is 71.0 cm³/mol. The van der Waals surface area contributed by atoms with Gasteiger partial charge in [-0.3, -0.25) is 0 Å². The molecular formula is C13H23NOS. The number of nitrogens with one attached hydrogen (secondary N) is 1. The van der Waals surface area contributed by atoms with Crippen LogP contribution in [-0.2, 0) is 6.42 Å². The van der Waals surface area contributed by atoms with Crippen LogP contribution in [0, 0.1) is 5.92 Å². The highest BCUT2D eigenvalue weighted by molar-refractivity contribution is 7.09. The monoisotopic (exact) mass is 241 g/mol. The molecule has 0 bridgehead atoms. The lowest BCUT2D eigenvalue weighted by atomic mass is 9.94. The van der Waals surface area contributed by atoms with Gasteiger partial charge in [0, 0.05) is 18.0 Å². The maximum atomic E-state index is 10.1. The van der Waals surface area contributed by atoms with Crippen LogP contribution in [0.15, 0.2) is 17.5 Å².